The van der Waals surface area contributed by atoms with Crippen LogP contribution in [-0.2, 0) is 0 Å². The minimum atomic E-state index is -0.720. The summed E-state index contributed by atoms with van der Waals surface area (Å²) >= 11 is 1.33. The highest BCUT2D eigenvalue weighted by Crippen LogP contribution is 2.32. The molecular formula is C21H17F3N6O2S. The Morgan fingerprint density at radius 3 is 2.58 bits per heavy atom. The molecule has 0 radical (unpaired) electrons. The van der Waals surface area contributed by atoms with Gasteiger partial charge >= 0.3 is 6.03 Å². The van der Waals surface area contributed by atoms with Gasteiger partial charge in [-0.05, 0) is 36.8 Å². The molecular weight excluding hydrogens is 457 g/mol. The summed E-state index contributed by atoms with van der Waals surface area (Å²) in [4.78, 5) is 18.5. The lowest BCUT2D eigenvalue weighted by atomic mass is 10.0. The molecule has 2 aliphatic heterocycles. The largest absolute Gasteiger partial charge is 0.468 e. The van der Waals surface area contributed by atoms with E-state index >= 15 is 0 Å². The number of ether oxygens (including phenoxy) is 1. The molecule has 0 bridgehead atoms. The number of amides is 2. The number of carbonyl (C=O) groups excluding carboxylic acids is 1. The quantitative estimate of drug-likeness (QED) is 0.572. The molecule has 0 aliphatic carbocycles. The number of benzene rings is 1. The van der Waals surface area contributed by atoms with Crippen molar-refractivity contribution in [2.24, 2.45) is 5.10 Å². The van der Waals surface area contributed by atoms with E-state index in [0.29, 0.717) is 22.7 Å². The minimum Gasteiger partial charge on any atom is -0.468 e. The third-order valence-corrected chi connectivity index (χ3v) is 6.11. The zero-order valence-electron chi connectivity index (χ0n) is 17.3. The topological polar surface area (TPSA) is 83.8 Å². The number of aryl methyl sites for hydroxylation is 1. The number of carbonyl (C=O) groups is 1. The predicted molar refractivity (Wildman–Crippen MR) is 113 cm³/mol. The first-order chi connectivity index (χ1) is 15.9. The summed E-state index contributed by atoms with van der Waals surface area (Å²) in [5, 5.41) is 14.5. The third kappa shape index (κ3) is 4.25. The summed E-state index contributed by atoms with van der Waals surface area (Å²) in [6.07, 6.45) is 1.41. The number of pyridine rings is 1. The Hall–Kier alpha value is -3.54. The summed E-state index contributed by atoms with van der Waals surface area (Å²) < 4.78 is 47.1. The maximum absolute atomic E-state index is 14.2. The Kier molecular flexibility index (Phi) is 5.44. The summed E-state index contributed by atoms with van der Waals surface area (Å²) in [5.74, 6) is -2.24. The highest BCUT2D eigenvalue weighted by Gasteiger charge is 2.39. The van der Waals surface area contributed by atoms with E-state index in [0.717, 1.165) is 11.1 Å². The number of rotatable bonds is 4. The van der Waals surface area contributed by atoms with Gasteiger partial charge in [-0.3, -0.25) is 0 Å². The van der Waals surface area contributed by atoms with E-state index in [4.69, 9.17) is 4.74 Å². The Labute approximate surface area is 190 Å². The van der Waals surface area contributed by atoms with E-state index in [-0.39, 0.29) is 19.0 Å². The Balaban J connectivity index is 1.23. The second kappa shape index (κ2) is 8.43. The maximum atomic E-state index is 14.2. The minimum absolute atomic E-state index is 0.176. The smallest absolute Gasteiger partial charge is 0.341 e. The molecule has 0 N–H and O–H groups in total. The lowest BCUT2D eigenvalue weighted by molar-refractivity contribution is 0.0231. The molecule has 2 amide bonds. The van der Waals surface area contributed by atoms with Crippen LogP contribution in [-0.4, -0.2) is 56.5 Å². The van der Waals surface area contributed by atoms with Crippen molar-refractivity contribution in [2.75, 3.05) is 13.1 Å². The number of nitrogens with zero attached hydrogens (tertiary/aromatic N) is 6. The maximum Gasteiger partial charge on any atom is 0.341 e. The molecule has 1 atom stereocenters. The van der Waals surface area contributed by atoms with Crippen LogP contribution in [0, 0.1) is 24.4 Å². The van der Waals surface area contributed by atoms with E-state index < -0.39 is 35.6 Å². The van der Waals surface area contributed by atoms with E-state index in [1.807, 2.05) is 6.92 Å². The molecule has 1 saturated heterocycles. The SMILES string of the molecule is Cc1nnc(-c2ccc(F)c(OC3CN(C(=O)N4N=CC[C@H]4c4cc(F)cc(F)c4)C3)n2)s1. The van der Waals surface area contributed by atoms with Crippen LogP contribution in [0.1, 0.15) is 23.0 Å². The number of urea groups is 1. The fourth-order valence-corrected chi connectivity index (χ4v) is 4.30. The number of hydrogen-bond donors (Lipinski definition) is 0. The van der Waals surface area contributed by atoms with Crippen molar-refractivity contribution in [3.63, 3.8) is 0 Å². The van der Waals surface area contributed by atoms with Gasteiger partial charge in [0.15, 0.2) is 10.8 Å². The average Bonchev–Trinajstić information content (AvgIpc) is 3.40. The molecule has 0 saturated carbocycles. The molecule has 4 heterocycles. The molecule has 0 spiro atoms. The number of likely N-dealkylation sites (tertiary alicyclic amines) is 1. The Bertz CT molecular complexity index is 1230. The lowest BCUT2D eigenvalue weighted by Crippen LogP contribution is -2.59. The van der Waals surface area contributed by atoms with Crippen LogP contribution in [0.2, 0.25) is 0 Å². The lowest BCUT2D eigenvalue weighted by Gasteiger charge is -2.40. The van der Waals surface area contributed by atoms with Crippen molar-refractivity contribution in [1.82, 2.24) is 25.1 Å². The van der Waals surface area contributed by atoms with Crippen LogP contribution in [0.5, 0.6) is 5.88 Å². The van der Waals surface area contributed by atoms with Crippen molar-refractivity contribution in [3.05, 3.63) is 58.4 Å². The van der Waals surface area contributed by atoms with E-state index in [1.165, 1.54) is 51.7 Å². The van der Waals surface area contributed by atoms with Crippen molar-refractivity contribution >= 4 is 23.6 Å². The van der Waals surface area contributed by atoms with Gasteiger partial charge in [-0.2, -0.15) is 5.10 Å². The molecule has 1 fully saturated rings. The Morgan fingerprint density at radius 1 is 1.12 bits per heavy atom. The van der Waals surface area contributed by atoms with Gasteiger partial charge in [0.2, 0.25) is 0 Å². The van der Waals surface area contributed by atoms with Gasteiger partial charge in [0.25, 0.3) is 5.88 Å². The number of hydrazone groups is 1. The first-order valence-corrected chi connectivity index (χ1v) is 10.9. The van der Waals surface area contributed by atoms with Gasteiger partial charge in [-0.1, -0.05) is 11.3 Å². The second-order valence-corrected chi connectivity index (χ2v) is 8.82. The molecule has 8 nitrogen and oxygen atoms in total. The monoisotopic (exact) mass is 474 g/mol. The van der Waals surface area contributed by atoms with Gasteiger partial charge < -0.3 is 9.64 Å². The predicted octanol–water partition coefficient (Wildman–Crippen LogP) is 3.94. The summed E-state index contributed by atoms with van der Waals surface area (Å²) in [6.45, 7) is 2.19. The first kappa shape index (κ1) is 21.3. The van der Waals surface area contributed by atoms with Crippen molar-refractivity contribution in [1.29, 1.82) is 0 Å². The molecule has 1 aromatic carbocycles. The summed E-state index contributed by atoms with van der Waals surface area (Å²) in [5.41, 5.74) is 0.766. The van der Waals surface area contributed by atoms with E-state index in [1.54, 1.807) is 0 Å². The summed E-state index contributed by atoms with van der Waals surface area (Å²) in [7, 11) is 0. The molecule has 0 unspecified atom stereocenters. The summed E-state index contributed by atoms with van der Waals surface area (Å²) in [6, 6.07) is 4.87. The molecule has 2 aliphatic rings. The normalized spacial score (nSPS) is 18.0. The number of halogens is 3. The zero-order chi connectivity index (χ0) is 23.1. The fourth-order valence-electron chi connectivity index (χ4n) is 3.64. The van der Waals surface area contributed by atoms with Crippen LogP contribution in [0.25, 0.3) is 10.7 Å². The second-order valence-electron chi connectivity index (χ2n) is 7.63. The van der Waals surface area contributed by atoms with Gasteiger partial charge in [0.1, 0.15) is 28.4 Å². The molecule has 2 aromatic heterocycles. The van der Waals surface area contributed by atoms with Gasteiger partial charge in [0, 0.05) is 18.7 Å². The van der Waals surface area contributed by atoms with Gasteiger partial charge in [0.05, 0.1) is 19.1 Å². The number of aromatic nitrogens is 3. The standard InChI is InChI=1S/C21H17F3N6O2S/c1-11-27-28-20(33-11)17-3-2-16(24)19(26-17)32-15-9-29(10-15)21(31)30-18(4-5-25-30)12-6-13(22)8-14(23)7-12/h2-3,5-8,15,18H,4,9-10H2,1H3/t18-/m0/s1. The van der Waals surface area contributed by atoms with Crippen molar-refractivity contribution in [2.45, 2.75) is 25.5 Å². The van der Waals surface area contributed by atoms with Crippen molar-refractivity contribution < 1.29 is 22.7 Å². The van der Waals surface area contributed by atoms with Crippen LogP contribution in [0.4, 0.5) is 18.0 Å². The van der Waals surface area contributed by atoms with Gasteiger partial charge in [-0.15, -0.1) is 10.2 Å². The molecule has 5 rings (SSSR count). The third-order valence-electron chi connectivity index (χ3n) is 5.25. The Morgan fingerprint density at radius 2 is 1.88 bits per heavy atom. The van der Waals surface area contributed by atoms with E-state index in [9.17, 15) is 18.0 Å². The highest BCUT2D eigenvalue weighted by molar-refractivity contribution is 7.14. The van der Waals surface area contributed by atoms with Crippen LogP contribution >= 0.6 is 11.3 Å². The highest BCUT2D eigenvalue weighted by atomic mass is 32.1. The van der Waals surface area contributed by atoms with Gasteiger partial charge in [-0.25, -0.2) is 28.0 Å². The van der Waals surface area contributed by atoms with E-state index in [2.05, 4.69) is 20.3 Å². The molecule has 3 aromatic rings. The molecule has 12 heteroatoms. The first-order valence-electron chi connectivity index (χ1n) is 10.1. The number of hydrogen-bond acceptors (Lipinski definition) is 7. The fraction of sp³-hybridized carbons (Fsp3) is 0.286. The van der Waals surface area contributed by atoms with Crippen LogP contribution in [0.15, 0.2) is 35.4 Å². The molecule has 33 heavy (non-hydrogen) atoms. The molecule has 170 valence electrons. The van der Waals surface area contributed by atoms with Crippen LogP contribution < -0.4 is 4.74 Å². The van der Waals surface area contributed by atoms with Crippen LogP contribution in [0.3, 0.4) is 0 Å². The average molecular weight is 474 g/mol. The van der Waals surface area contributed by atoms with Crippen molar-refractivity contribution in [3.8, 4) is 16.6 Å². The zero-order valence-corrected chi connectivity index (χ0v) is 18.1.